The lowest BCUT2D eigenvalue weighted by atomic mass is 10.2. The Hall–Kier alpha value is -3.38. The molecule has 1 saturated heterocycles. The van der Waals surface area contributed by atoms with Crippen LogP contribution >= 0.6 is 0 Å². The zero-order valence-electron chi connectivity index (χ0n) is 17.2. The molecule has 1 amide bonds. The number of nitrogens with one attached hydrogen (secondary N) is 1. The standard InChI is InChI=1S/C22H23N5O3S/c1-16(24-21-19-5-2-3-6-20(19)31(29,30)25-21)22(28)27-12-4-11-26(13-14-27)18-9-7-17(15-23)8-10-18/h2-3,5-10,16H,4,11-14H2,1H3,(H,24,25)/t16-/m0/s1. The molecule has 0 aromatic heterocycles. The third-order valence-corrected chi connectivity index (χ3v) is 6.91. The Morgan fingerprint density at radius 2 is 1.84 bits per heavy atom. The molecule has 0 spiro atoms. The molecule has 8 nitrogen and oxygen atoms in total. The first-order valence-corrected chi connectivity index (χ1v) is 11.6. The van der Waals surface area contributed by atoms with Gasteiger partial charge in [-0.1, -0.05) is 12.1 Å². The fraction of sp³-hybridized carbons (Fsp3) is 0.318. The van der Waals surface area contributed by atoms with Crippen molar-refractivity contribution in [3.63, 3.8) is 0 Å². The lowest BCUT2D eigenvalue weighted by molar-refractivity contribution is -0.131. The number of rotatable bonds is 3. The summed E-state index contributed by atoms with van der Waals surface area (Å²) in [7, 11) is -3.63. The van der Waals surface area contributed by atoms with Gasteiger partial charge in [0, 0.05) is 37.4 Å². The van der Waals surface area contributed by atoms with Crippen molar-refractivity contribution in [1.82, 2.24) is 9.62 Å². The highest BCUT2D eigenvalue weighted by atomic mass is 32.2. The molecule has 2 aliphatic heterocycles. The summed E-state index contributed by atoms with van der Waals surface area (Å²) < 4.78 is 27.0. The highest BCUT2D eigenvalue weighted by molar-refractivity contribution is 7.90. The molecule has 160 valence electrons. The van der Waals surface area contributed by atoms with Gasteiger partial charge in [-0.2, -0.15) is 5.26 Å². The second-order valence-corrected chi connectivity index (χ2v) is 9.23. The van der Waals surface area contributed by atoms with Gasteiger partial charge in [0.25, 0.3) is 10.0 Å². The van der Waals surface area contributed by atoms with Crippen molar-refractivity contribution >= 4 is 27.5 Å². The molecule has 4 rings (SSSR count). The first kappa shape index (κ1) is 20.9. The Morgan fingerprint density at radius 3 is 2.58 bits per heavy atom. The van der Waals surface area contributed by atoms with Crippen LogP contribution in [-0.4, -0.2) is 57.3 Å². The molecule has 0 bridgehead atoms. The highest BCUT2D eigenvalue weighted by Gasteiger charge is 2.32. The lowest BCUT2D eigenvalue weighted by Gasteiger charge is -2.24. The van der Waals surface area contributed by atoms with E-state index in [9.17, 15) is 13.2 Å². The topological polar surface area (TPSA) is 106 Å². The number of hydrogen-bond acceptors (Lipinski definition) is 6. The minimum absolute atomic E-state index is 0.127. The largest absolute Gasteiger partial charge is 0.370 e. The molecule has 2 aromatic carbocycles. The zero-order chi connectivity index (χ0) is 22.0. The van der Waals surface area contributed by atoms with E-state index in [1.165, 1.54) is 6.07 Å². The molecule has 1 N–H and O–H groups in total. The third kappa shape index (κ3) is 4.25. The average molecular weight is 438 g/mol. The van der Waals surface area contributed by atoms with Crippen LogP contribution in [0.5, 0.6) is 0 Å². The number of nitrogens with zero attached hydrogens (tertiary/aromatic N) is 4. The SMILES string of the molecule is C[C@H](N=C1NS(=O)(=O)c2ccccc21)C(=O)N1CCCN(c2ccc(C#N)cc2)CC1. The minimum atomic E-state index is -3.63. The smallest absolute Gasteiger partial charge is 0.263 e. The molecule has 0 radical (unpaired) electrons. The molecule has 1 atom stereocenters. The van der Waals surface area contributed by atoms with Gasteiger partial charge in [0.05, 0.1) is 16.5 Å². The van der Waals surface area contributed by atoms with Crippen molar-refractivity contribution in [3.8, 4) is 6.07 Å². The van der Waals surface area contributed by atoms with Crippen molar-refractivity contribution in [2.75, 3.05) is 31.1 Å². The van der Waals surface area contributed by atoms with Crippen LogP contribution < -0.4 is 9.62 Å². The van der Waals surface area contributed by atoms with Crippen LogP contribution in [-0.2, 0) is 14.8 Å². The number of sulfonamides is 1. The summed E-state index contributed by atoms with van der Waals surface area (Å²) in [6.45, 7) is 4.34. The Bertz CT molecular complexity index is 1170. The maximum Gasteiger partial charge on any atom is 0.263 e. The monoisotopic (exact) mass is 437 g/mol. The first-order valence-electron chi connectivity index (χ1n) is 10.1. The maximum atomic E-state index is 13.0. The number of nitriles is 1. The third-order valence-electron chi connectivity index (χ3n) is 5.51. The number of fused-ring (bicyclic) bond motifs is 1. The minimum Gasteiger partial charge on any atom is -0.370 e. The molecule has 1 fully saturated rings. The summed E-state index contributed by atoms with van der Waals surface area (Å²) in [4.78, 5) is 21.6. The van der Waals surface area contributed by atoms with Gasteiger partial charge < -0.3 is 9.80 Å². The number of benzene rings is 2. The van der Waals surface area contributed by atoms with Gasteiger partial charge in [-0.3, -0.25) is 14.5 Å². The van der Waals surface area contributed by atoms with Gasteiger partial charge in [-0.15, -0.1) is 0 Å². The van der Waals surface area contributed by atoms with Crippen LogP contribution in [0.3, 0.4) is 0 Å². The van der Waals surface area contributed by atoms with E-state index in [0.29, 0.717) is 30.8 Å². The van der Waals surface area contributed by atoms with E-state index in [4.69, 9.17) is 5.26 Å². The molecule has 0 unspecified atom stereocenters. The molecule has 2 aromatic rings. The van der Waals surface area contributed by atoms with E-state index < -0.39 is 16.1 Å². The molecular formula is C22H23N5O3S. The number of carbonyl (C=O) groups is 1. The summed E-state index contributed by atoms with van der Waals surface area (Å²) in [5.74, 6) is 0.0863. The van der Waals surface area contributed by atoms with Crippen LogP contribution in [0.1, 0.15) is 24.5 Å². The van der Waals surface area contributed by atoms with Crippen LogP contribution in [0.25, 0.3) is 0 Å². The molecule has 0 saturated carbocycles. The van der Waals surface area contributed by atoms with Crippen molar-refractivity contribution in [2.45, 2.75) is 24.3 Å². The van der Waals surface area contributed by atoms with E-state index in [2.05, 4.69) is 20.7 Å². The van der Waals surface area contributed by atoms with Gasteiger partial charge in [0.2, 0.25) is 5.91 Å². The number of anilines is 1. The van der Waals surface area contributed by atoms with Gasteiger partial charge in [0.15, 0.2) is 0 Å². The van der Waals surface area contributed by atoms with E-state index in [0.717, 1.165) is 18.7 Å². The maximum absolute atomic E-state index is 13.0. The second-order valence-electron chi connectivity index (χ2n) is 7.58. The Morgan fingerprint density at radius 1 is 1.10 bits per heavy atom. The number of aliphatic imine (C=N–C) groups is 1. The number of amides is 1. The molecule has 31 heavy (non-hydrogen) atoms. The van der Waals surface area contributed by atoms with Crippen molar-refractivity contribution < 1.29 is 13.2 Å². The van der Waals surface area contributed by atoms with Crippen molar-refractivity contribution in [1.29, 1.82) is 5.26 Å². The highest BCUT2D eigenvalue weighted by Crippen LogP contribution is 2.23. The summed E-state index contributed by atoms with van der Waals surface area (Å²) >= 11 is 0. The number of carbonyl (C=O) groups excluding carboxylic acids is 1. The van der Waals surface area contributed by atoms with Gasteiger partial charge in [-0.05, 0) is 49.7 Å². The van der Waals surface area contributed by atoms with Gasteiger partial charge in [-0.25, -0.2) is 8.42 Å². The molecule has 9 heteroatoms. The fourth-order valence-corrected chi connectivity index (χ4v) is 5.12. The fourth-order valence-electron chi connectivity index (χ4n) is 3.89. The van der Waals surface area contributed by atoms with Gasteiger partial charge >= 0.3 is 0 Å². The van der Waals surface area contributed by atoms with Crippen LogP contribution in [0, 0.1) is 11.3 Å². The van der Waals surface area contributed by atoms with E-state index >= 15 is 0 Å². The Kier molecular flexibility index (Phi) is 5.65. The number of hydrogen-bond donors (Lipinski definition) is 1. The second kappa shape index (κ2) is 8.40. The number of amidine groups is 1. The predicted octanol–water partition coefficient (Wildman–Crippen LogP) is 1.72. The van der Waals surface area contributed by atoms with E-state index in [-0.39, 0.29) is 16.6 Å². The van der Waals surface area contributed by atoms with Gasteiger partial charge in [0.1, 0.15) is 11.9 Å². The summed E-state index contributed by atoms with van der Waals surface area (Å²) in [6, 6.07) is 15.5. The quantitative estimate of drug-likeness (QED) is 0.787. The Balaban J connectivity index is 1.45. The normalized spacial score (nSPS) is 19.8. The lowest BCUT2D eigenvalue weighted by Crippen LogP contribution is -2.40. The van der Waals surface area contributed by atoms with Crippen LogP contribution in [0.4, 0.5) is 5.69 Å². The summed E-state index contributed by atoms with van der Waals surface area (Å²) in [6.07, 6.45) is 0.810. The average Bonchev–Trinajstić information content (AvgIpc) is 2.93. The van der Waals surface area contributed by atoms with Crippen LogP contribution in [0.15, 0.2) is 58.4 Å². The molecular weight excluding hydrogens is 414 g/mol. The predicted molar refractivity (Wildman–Crippen MR) is 117 cm³/mol. The van der Waals surface area contributed by atoms with Crippen LogP contribution in [0.2, 0.25) is 0 Å². The first-order chi connectivity index (χ1) is 14.9. The molecule has 2 aliphatic rings. The van der Waals surface area contributed by atoms with Crippen molar-refractivity contribution in [3.05, 3.63) is 59.7 Å². The zero-order valence-corrected chi connectivity index (χ0v) is 18.0. The summed E-state index contributed by atoms with van der Waals surface area (Å²) in [5.41, 5.74) is 2.14. The van der Waals surface area contributed by atoms with E-state index in [1.807, 2.05) is 12.1 Å². The summed E-state index contributed by atoms with van der Waals surface area (Å²) in [5, 5.41) is 8.96. The molecule has 2 heterocycles. The molecule has 0 aliphatic carbocycles. The van der Waals surface area contributed by atoms with Crippen molar-refractivity contribution in [2.24, 2.45) is 4.99 Å². The Labute approximate surface area is 181 Å². The van der Waals surface area contributed by atoms with E-state index in [1.54, 1.807) is 42.2 Å².